The van der Waals surface area contributed by atoms with Crippen LogP contribution in [0.4, 0.5) is 0 Å². The quantitative estimate of drug-likeness (QED) is 0.783. The van der Waals surface area contributed by atoms with Crippen LogP contribution in [-0.4, -0.2) is 34.4 Å². The fraction of sp³-hybridized carbons (Fsp3) is 0.727. The zero-order valence-corrected chi connectivity index (χ0v) is 8.67. The van der Waals surface area contributed by atoms with Crippen molar-refractivity contribution in [3.05, 3.63) is 18.0 Å². The summed E-state index contributed by atoms with van der Waals surface area (Å²) in [6.45, 7) is 2.94. The predicted octanol–water partition coefficient (Wildman–Crippen LogP) is 0.877. The van der Waals surface area contributed by atoms with Crippen molar-refractivity contribution in [1.29, 1.82) is 0 Å². The molecular formula is C11H16N2O2. The molecule has 0 aromatic carbocycles. The minimum absolute atomic E-state index is 0.0743. The summed E-state index contributed by atoms with van der Waals surface area (Å²) < 4.78 is 5.09. The highest BCUT2D eigenvalue weighted by Gasteiger charge is 2.41. The summed E-state index contributed by atoms with van der Waals surface area (Å²) in [5, 5.41) is 13.5. The van der Waals surface area contributed by atoms with Crippen LogP contribution in [-0.2, 0) is 6.54 Å². The summed E-state index contributed by atoms with van der Waals surface area (Å²) in [5.74, 6) is 2.11. The molecule has 1 saturated carbocycles. The fourth-order valence-electron chi connectivity index (χ4n) is 3.00. The van der Waals surface area contributed by atoms with Gasteiger partial charge < -0.3 is 9.63 Å². The Bertz CT molecular complexity index is 325. The lowest BCUT2D eigenvalue weighted by atomic mass is 10.00. The van der Waals surface area contributed by atoms with Gasteiger partial charge in [0.05, 0.1) is 18.8 Å². The second-order valence-corrected chi connectivity index (χ2v) is 4.74. The zero-order valence-electron chi connectivity index (χ0n) is 8.67. The molecule has 2 heterocycles. The third-order valence-corrected chi connectivity index (χ3v) is 3.77. The van der Waals surface area contributed by atoms with Crippen LogP contribution in [0.25, 0.3) is 0 Å². The van der Waals surface area contributed by atoms with Gasteiger partial charge in [-0.25, -0.2) is 0 Å². The maximum atomic E-state index is 9.78. The van der Waals surface area contributed by atoms with Crippen molar-refractivity contribution < 1.29 is 9.63 Å². The van der Waals surface area contributed by atoms with E-state index in [1.807, 2.05) is 6.07 Å². The largest absolute Gasteiger partial charge is 0.393 e. The molecule has 0 amide bonds. The van der Waals surface area contributed by atoms with E-state index in [0.29, 0.717) is 11.8 Å². The number of likely N-dealkylation sites (tertiary alicyclic amines) is 1. The molecule has 1 aliphatic heterocycles. The highest BCUT2D eigenvalue weighted by Crippen LogP contribution is 2.38. The Balaban J connectivity index is 1.62. The standard InChI is InChI=1S/C11H16N2O2/c14-11-2-1-8-5-13(7-10(8)11)6-9-3-4-12-15-9/h3-4,8,10-11,14H,1-2,5-7H2. The molecule has 0 spiro atoms. The molecule has 4 nitrogen and oxygen atoms in total. The molecule has 3 unspecified atom stereocenters. The van der Waals surface area contributed by atoms with Gasteiger partial charge >= 0.3 is 0 Å². The predicted molar refractivity (Wildman–Crippen MR) is 54.0 cm³/mol. The van der Waals surface area contributed by atoms with Crippen LogP contribution >= 0.6 is 0 Å². The number of fused-ring (bicyclic) bond motifs is 1. The van der Waals surface area contributed by atoms with Gasteiger partial charge in [0.15, 0.2) is 5.76 Å². The van der Waals surface area contributed by atoms with Crippen molar-refractivity contribution >= 4 is 0 Å². The summed E-state index contributed by atoms with van der Waals surface area (Å²) in [6.07, 6.45) is 3.78. The maximum absolute atomic E-state index is 9.78. The summed E-state index contributed by atoms with van der Waals surface area (Å²) in [4.78, 5) is 2.36. The number of aliphatic hydroxyl groups excluding tert-OH is 1. The molecule has 1 aromatic rings. The molecule has 3 atom stereocenters. The van der Waals surface area contributed by atoms with Gasteiger partial charge in [-0.2, -0.15) is 0 Å². The van der Waals surface area contributed by atoms with E-state index in [2.05, 4.69) is 10.1 Å². The van der Waals surface area contributed by atoms with Crippen molar-refractivity contribution in [2.75, 3.05) is 13.1 Å². The molecule has 3 rings (SSSR count). The van der Waals surface area contributed by atoms with E-state index in [9.17, 15) is 5.11 Å². The minimum atomic E-state index is -0.0743. The summed E-state index contributed by atoms with van der Waals surface area (Å²) >= 11 is 0. The molecule has 82 valence electrons. The molecule has 0 bridgehead atoms. The first-order chi connectivity index (χ1) is 7.33. The highest BCUT2D eigenvalue weighted by molar-refractivity contribution is 4.98. The number of hydrogen-bond donors (Lipinski definition) is 1. The van der Waals surface area contributed by atoms with Crippen LogP contribution in [0.5, 0.6) is 0 Å². The van der Waals surface area contributed by atoms with Crippen molar-refractivity contribution in [1.82, 2.24) is 10.1 Å². The molecule has 1 aromatic heterocycles. The van der Waals surface area contributed by atoms with Crippen LogP contribution < -0.4 is 0 Å². The highest BCUT2D eigenvalue weighted by atomic mass is 16.5. The van der Waals surface area contributed by atoms with Crippen molar-refractivity contribution in [3.63, 3.8) is 0 Å². The normalized spacial score (nSPS) is 35.9. The molecule has 4 heteroatoms. The van der Waals surface area contributed by atoms with Crippen molar-refractivity contribution in [2.45, 2.75) is 25.5 Å². The smallest absolute Gasteiger partial charge is 0.150 e. The summed E-state index contributed by atoms with van der Waals surface area (Å²) in [6, 6.07) is 1.91. The number of aromatic nitrogens is 1. The van der Waals surface area contributed by atoms with Gasteiger partial charge in [0.2, 0.25) is 0 Å². The lowest BCUT2D eigenvalue weighted by molar-refractivity contribution is 0.122. The van der Waals surface area contributed by atoms with Crippen molar-refractivity contribution in [2.24, 2.45) is 11.8 Å². The molecule has 1 N–H and O–H groups in total. The van der Waals surface area contributed by atoms with Gasteiger partial charge in [0.1, 0.15) is 0 Å². The number of nitrogens with zero attached hydrogens (tertiary/aromatic N) is 2. The molecule has 1 aliphatic carbocycles. The lowest BCUT2D eigenvalue weighted by Crippen LogP contribution is -2.24. The van der Waals surface area contributed by atoms with E-state index in [4.69, 9.17) is 4.52 Å². The molecular weight excluding hydrogens is 192 g/mol. The average molecular weight is 208 g/mol. The Morgan fingerprint density at radius 2 is 2.40 bits per heavy atom. The maximum Gasteiger partial charge on any atom is 0.150 e. The topological polar surface area (TPSA) is 49.5 Å². The van der Waals surface area contributed by atoms with E-state index in [-0.39, 0.29) is 6.10 Å². The van der Waals surface area contributed by atoms with E-state index in [1.54, 1.807) is 6.20 Å². The monoisotopic (exact) mass is 208 g/mol. The van der Waals surface area contributed by atoms with Gasteiger partial charge in [0, 0.05) is 25.1 Å². The van der Waals surface area contributed by atoms with Gasteiger partial charge in [-0.3, -0.25) is 4.90 Å². The zero-order chi connectivity index (χ0) is 10.3. The van der Waals surface area contributed by atoms with E-state index in [0.717, 1.165) is 31.8 Å². The third-order valence-electron chi connectivity index (χ3n) is 3.77. The van der Waals surface area contributed by atoms with Crippen LogP contribution in [0.15, 0.2) is 16.8 Å². The fourth-order valence-corrected chi connectivity index (χ4v) is 3.00. The molecule has 2 fully saturated rings. The van der Waals surface area contributed by atoms with E-state index < -0.39 is 0 Å². The van der Waals surface area contributed by atoms with Gasteiger partial charge in [-0.05, 0) is 18.8 Å². The number of rotatable bonds is 2. The molecule has 1 saturated heterocycles. The van der Waals surface area contributed by atoms with Crippen LogP contribution in [0, 0.1) is 11.8 Å². The van der Waals surface area contributed by atoms with Crippen molar-refractivity contribution in [3.8, 4) is 0 Å². The van der Waals surface area contributed by atoms with Crippen LogP contribution in [0.2, 0.25) is 0 Å². The van der Waals surface area contributed by atoms with E-state index >= 15 is 0 Å². The van der Waals surface area contributed by atoms with Gasteiger partial charge in [-0.1, -0.05) is 5.16 Å². The Hall–Kier alpha value is -0.870. The lowest BCUT2D eigenvalue weighted by Gasteiger charge is -2.15. The average Bonchev–Trinajstić information content (AvgIpc) is 2.88. The SMILES string of the molecule is OC1CCC2CN(Cc3ccno3)CC12. The molecule has 15 heavy (non-hydrogen) atoms. The minimum Gasteiger partial charge on any atom is -0.393 e. The Labute approximate surface area is 88.9 Å². The first kappa shape index (κ1) is 9.36. The first-order valence-electron chi connectivity index (χ1n) is 5.63. The third kappa shape index (κ3) is 1.68. The Kier molecular flexibility index (Phi) is 2.25. The molecule has 2 aliphatic rings. The van der Waals surface area contributed by atoms with E-state index in [1.165, 1.54) is 6.42 Å². The second kappa shape index (κ2) is 3.61. The van der Waals surface area contributed by atoms with Crippen LogP contribution in [0.3, 0.4) is 0 Å². The number of hydrogen-bond acceptors (Lipinski definition) is 4. The summed E-state index contributed by atoms with van der Waals surface area (Å²) in [7, 11) is 0. The molecule has 0 radical (unpaired) electrons. The van der Waals surface area contributed by atoms with Gasteiger partial charge in [-0.15, -0.1) is 0 Å². The Morgan fingerprint density at radius 3 is 3.13 bits per heavy atom. The second-order valence-electron chi connectivity index (χ2n) is 4.74. The first-order valence-corrected chi connectivity index (χ1v) is 5.63. The summed E-state index contributed by atoms with van der Waals surface area (Å²) in [5.41, 5.74) is 0. The Morgan fingerprint density at radius 1 is 1.47 bits per heavy atom. The van der Waals surface area contributed by atoms with Crippen LogP contribution in [0.1, 0.15) is 18.6 Å². The van der Waals surface area contributed by atoms with Gasteiger partial charge in [0.25, 0.3) is 0 Å². The number of aliphatic hydroxyl groups is 1.